The first-order chi connectivity index (χ1) is 22.7. The van der Waals surface area contributed by atoms with Crippen molar-refractivity contribution in [1.29, 1.82) is 0 Å². The van der Waals surface area contributed by atoms with Crippen LogP contribution in [-0.4, -0.2) is 63.8 Å². The number of aromatic carboxylic acids is 1. The summed E-state index contributed by atoms with van der Waals surface area (Å²) in [4.78, 5) is 24.4. The molecule has 9 nitrogen and oxygen atoms in total. The van der Waals surface area contributed by atoms with Crippen molar-refractivity contribution in [2.75, 3.05) is 26.4 Å². The van der Waals surface area contributed by atoms with Gasteiger partial charge >= 0.3 is 14.8 Å². The Labute approximate surface area is 353 Å². The summed E-state index contributed by atoms with van der Waals surface area (Å²) >= 11 is 34.0. The quantitative estimate of drug-likeness (QED) is 0.0423. The second kappa shape index (κ2) is 19.6. The first-order valence-electron chi connectivity index (χ1n) is 14.1. The number of carbonyl (C=O) groups is 2. The van der Waals surface area contributed by atoms with Gasteiger partial charge < -0.3 is 33.0 Å². The zero-order valence-corrected chi connectivity index (χ0v) is 38.1. The van der Waals surface area contributed by atoms with Crippen LogP contribution in [0.4, 0.5) is 0 Å². The molecule has 0 saturated heterocycles. The van der Waals surface area contributed by atoms with Crippen molar-refractivity contribution in [2.45, 2.75) is 39.3 Å². The number of aldehydes is 1. The molecule has 1 aliphatic heterocycles. The molecule has 0 aromatic heterocycles. The number of rotatable bonds is 16. The Morgan fingerprint density at radius 3 is 2.12 bits per heavy atom. The monoisotopic (exact) mass is 1210 g/mol. The van der Waals surface area contributed by atoms with E-state index in [1.807, 2.05) is 66.0 Å². The van der Waals surface area contributed by atoms with Gasteiger partial charge in [-0.3, -0.25) is 4.79 Å². The zero-order chi connectivity index (χ0) is 35.9. The number of fused-ring (bicyclic) bond motifs is 1. The molecule has 1 unspecified atom stereocenters. The molecular weight excluding hydrogens is 1180 g/mol. The molecule has 0 saturated carbocycles. The van der Waals surface area contributed by atoms with Crippen LogP contribution >= 0.6 is 137 Å². The number of hydrogen-bond acceptors (Lipinski definition) is 8. The largest absolute Gasteiger partial charge is 0.501 e. The van der Waals surface area contributed by atoms with E-state index in [-0.39, 0.29) is 43.6 Å². The molecule has 0 spiro atoms. The number of ether oxygens (including phenoxy) is 2. The second-order valence-electron chi connectivity index (χ2n) is 9.69. The van der Waals surface area contributed by atoms with Gasteiger partial charge in [0, 0.05) is 52.2 Å². The molecule has 0 aliphatic carbocycles. The maximum atomic E-state index is 12.7. The normalized spacial score (nSPS) is 15.0. The number of benzene rings is 2. The van der Waals surface area contributed by atoms with Crippen molar-refractivity contribution >= 4 is 163 Å². The lowest BCUT2D eigenvalue weighted by Gasteiger charge is -2.30. The molecule has 0 radical (unpaired) electrons. The van der Waals surface area contributed by atoms with Crippen LogP contribution in [0.5, 0.6) is 11.5 Å². The molecular formula is C30H28Cl4I4O9Si. The Bertz CT molecular complexity index is 1650. The van der Waals surface area contributed by atoms with E-state index in [0.717, 1.165) is 0 Å². The van der Waals surface area contributed by atoms with E-state index in [4.69, 9.17) is 69.2 Å². The van der Waals surface area contributed by atoms with Crippen LogP contribution in [0.3, 0.4) is 0 Å². The number of carboxylic acid groups (broad SMARTS) is 1. The Kier molecular flexibility index (Phi) is 17.5. The van der Waals surface area contributed by atoms with E-state index in [0.29, 0.717) is 77.5 Å². The van der Waals surface area contributed by atoms with Crippen LogP contribution in [0.1, 0.15) is 48.7 Å². The van der Waals surface area contributed by atoms with Crippen molar-refractivity contribution in [3.8, 4) is 11.5 Å². The summed E-state index contributed by atoms with van der Waals surface area (Å²) in [5.41, 5.74) is 0.697. The number of carboxylic acids is 1. The molecule has 1 heterocycles. The Morgan fingerprint density at radius 2 is 1.60 bits per heavy atom. The lowest BCUT2D eigenvalue weighted by molar-refractivity contribution is -0.104. The van der Waals surface area contributed by atoms with Crippen molar-refractivity contribution in [3.63, 3.8) is 0 Å². The Morgan fingerprint density at radius 1 is 1.02 bits per heavy atom. The van der Waals surface area contributed by atoms with Gasteiger partial charge in [0.1, 0.15) is 18.1 Å². The fourth-order valence-electron chi connectivity index (χ4n) is 4.78. The van der Waals surface area contributed by atoms with Gasteiger partial charge in [0.25, 0.3) is 0 Å². The highest BCUT2D eigenvalue weighted by atomic mass is 127. The maximum absolute atomic E-state index is 12.7. The van der Waals surface area contributed by atoms with Gasteiger partial charge in [0.2, 0.25) is 0 Å². The second-order valence-corrected chi connectivity index (χ2v) is 18.0. The van der Waals surface area contributed by atoms with Gasteiger partial charge in [-0.1, -0.05) is 46.4 Å². The van der Waals surface area contributed by atoms with E-state index < -0.39 is 20.9 Å². The van der Waals surface area contributed by atoms with E-state index >= 15 is 0 Å². The molecule has 1 aliphatic rings. The van der Waals surface area contributed by atoms with Gasteiger partial charge in [-0.25, -0.2) is 4.79 Å². The van der Waals surface area contributed by atoms with Crippen molar-refractivity contribution in [2.24, 2.45) is 0 Å². The topological polar surface area (TPSA) is 121 Å². The summed E-state index contributed by atoms with van der Waals surface area (Å²) in [5, 5.41) is 20.4. The average Bonchev–Trinajstić information content (AvgIpc) is 3.04. The molecule has 0 bridgehead atoms. The van der Waals surface area contributed by atoms with Crippen LogP contribution in [0, 0.1) is 7.14 Å². The summed E-state index contributed by atoms with van der Waals surface area (Å²) in [7, 11) is -2.97. The van der Waals surface area contributed by atoms with Crippen LogP contribution in [-0.2, 0) is 18.1 Å². The maximum Gasteiger partial charge on any atom is 0.501 e. The predicted octanol–water partition coefficient (Wildman–Crippen LogP) is 10.4. The lowest BCUT2D eigenvalue weighted by atomic mass is 9.86. The third-order valence-corrected chi connectivity index (χ3v) is 14.5. The number of aliphatic hydroxyl groups excluding tert-OH is 1. The highest BCUT2D eigenvalue weighted by Gasteiger charge is 2.41. The summed E-state index contributed by atoms with van der Waals surface area (Å²) in [6.45, 7) is 6.83. The first kappa shape index (κ1) is 42.9. The molecule has 1 atom stereocenters. The molecule has 0 fully saturated rings. The first-order valence-corrected chi connectivity index (χ1v) is 22.0. The number of allylic oxidation sites excluding steroid dienone is 2. The summed E-state index contributed by atoms with van der Waals surface area (Å²) < 4.78 is 33.3. The minimum Gasteiger partial charge on any atom is -0.489 e. The minimum absolute atomic E-state index is 0.00792. The average molecular weight is 1210 g/mol. The van der Waals surface area contributed by atoms with Gasteiger partial charge in [-0.15, -0.1) is 0 Å². The molecule has 3 rings (SSSR count). The third-order valence-electron chi connectivity index (χ3n) is 6.67. The molecule has 2 N–H and O–H groups in total. The lowest BCUT2D eigenvalue weighted by Crippen LogP contribution is -2.46. The van der Waals surface area contributed by atoms with Crippen LogP contribution in [0.2, 0.25) is 26.1 Å². The molecule has 48 heavy (non-hydrogen) atoms. The fraction of sp³-hybridized carbons (Fsp3) is 0.333. The molecule has 18 heteroatoms. The van der Waals surface area contributed by atoms with Crippen LogP contribution in [0.25, 0.3) is 5.57 Å². The van der Waals surface area contributed by atoms with Gasteiger partial charge in [-0.2, -0.15) is 0 Å². The summed E-state index contributed by atoms with van der Waals surface area (Å²) in [6.07, 6.45) is 1.63. The highest BCUT2D eigenvalue weighted by Crippen LogP contribution is 2.53. The molecule has 2 aromatic rings. The van der Waals surface area contributed by atoms with Crippen molar-refractivity contribution in [1.82, 2.24) is 0 Å². The minimum atomic E-state index is -2.97. The van der Waals surface area contributed by atoms with Crippen LogP contribution < -0.4 is 9.47 Å². The third kappa shape index (κ3) is 9.74. The number of hydrogen-bond donors (Lipinski definition) is 2. The van der Waals surface area contributed by atoms with E-state index in [1.165, 1.54) is 0 Å². The number of aliphatic hydroxyl groups is 1. The molecule has 2 aromatic carbocycles. The van der Waals surface area contributed by atoms with Gasteiger partial charge in [-0.05, 0) is 130 Å². The predicted molar refractivity (Wildman–Crippen MR) is 224 cm³/mol. The molecule has 262 valence electrons. The molecule has 0 amide bonds. The van der Waals surface area contributed by atoms with E-state index in [2.05, 4.69) is 45.2 Å². The van der Waals surface area contributed by atoms with Crippen molar-refractivity contribution in [3.05, 3.63) is 75.1 Å². The van der Waals surface area contributed by atoms with Gasteiger partial charge in [0.05, 0.1) is 42.5 Å². The standard InChI is InChI=1S/C30H28Cl4I4O9Si/c1-4-44-48(45-5-2,46-6-3)8-7-15(40)13-43-29-18(37)10-17-20(21-22(30(41)42)24(32)26(34)25(33)23(21)31)16(9-14(36)12-39)19(11-35)47-28(17)27(29)38/h9-12,15,40H,4-8,13H2,1-3H3,(H,41,42)/b14-9+,19-11-. The fourth-order valence-corrected chi connectivity index (χ4v) is 11.4. The van der Waals surface area contributed by atoms with E-state index in [1.54, 1.807) is 16.2 Å². The number of carbonyl (C=O) groups excluding carboxylic acids is 1. The summed E-state index contributed by atoms with van der Waals surface area (Å²) in [6, 6.07) is 2.14. The zero-order valence-electron chi connectivity index (χ0n) is 25.4. The Balaban J connectivity index is 2.18. The van der Waals surface area contributed by atoms with Crippen molar-refractivity contribution < 1.29 is 42.6 Å². The smallest absolute Gasteiger partial charge is 0.489 e. The SMILES string of the molecule is CCO[Si](CCC(O)COc1c(I)cc2c(c1I)O/C(=C\I)C(/C=C(/I)C=O)=C2c1c(Cl)c(Cl)c(Cl)c(Cl)c1C(=O)O)(OCC)OCC. The highest BCUT2D eigenvalue weighted by molar-refractivity contribution is 14.1. The summed E-state index contributed by atoms with van der Waals surface area (Å²) in [5.74, 6) is -0.352. The Hall–Kier alpha value is 0.537. The van der Waals surface area contributed by atoms with E-state index in [9.17, 15) is 19.8 Å². The van der Waals surface area contributed by atoms with Crippen LogP contribution in [0.15, 0.2) is 31.1 Å². The number of halogens is 8. The van der Waals surface area contributed by atoms with Gasteiger partial charge in [0.15, 0.2) is 12.0 Å².